The molecule has 30 heavy (non-hydrogen) atoms. The van der Waals surface area contributed by atoms with Crippen LogP contribution >= 0.6 is 0 Å². The number of β-amino-alcohol motifs (C(OH)–C–C–N with tert-alkyl or cyclic N) is 1. The van der Waals surface area contributed by atoms with Crippen LogP contribution in [0.3, 0.4) is 0 Å². The molecule has 1 saturated heterocycles. The van der Waals surface area contributed by atoms with Gasteiger partial charge in [0.05, 0.1) is 6.10 Å². The minimum Gasteiger partial charge on any atom is -0.506 e. The van der Waals surface area contributed by atoms with Crippen LogP contribution in [0, 0.1) is 11.6 Å². The summed E-state index contributed by atoms with van der Waals surface area (Å²) >= 11 is 0. The number of pyridine rings is 1. The smallest absolute Gasteiger partial charge is 0.163 e. The number of aliphatic hydroxyl groups excluding tert-OH is 1. The van der Waals surface area contributed by atoms with Gasteiger partial charge >= 0.3 is 0 Å². The summed E-state index contributed by atoms with van der Waals surface area (Å²) in [6.07, 6.45) is 2.79. The summed E-state index contributed by atoms with van der Waals surface area (Å²) in [5, 5.41) is 21.0. The van der Waals surface area contributed by atoms with Crippen LogP contribution in [0.2, 0.25) is 0 Å². The van der Waals surface area contributed by atoms with Crippen molar-refractivity contribution in [1.82, 2.24) is 15.0 Å². The number of anilines is 1. The number of phenolic OH excluding ortho intramolecular Hbond substituents is 1. The van der Waals surface area contributed by atoms with Gasteiger partial charge in [0.25, 0.3) is 0 Å². The molecular weight excluding hydrogens is 390 g/mol. The molecular formula is C22H16F2N4O2. The van der Waals surface area contributed by atoms with Gasteiger partial charge in [0.2, 0.25) is 0 Å². The predicted molar refractivity (Wildman–Crippen MR) is 108 cm³/mol. The van der Waals surface area contributed by atoms with Crippen LogP contribution in [0.4, 0.5) is 14.6 Å². The SMILES string of the molecule is Oc1cc(-c2cc(F)cc(F)c2)cc2c(N3CC(O)C3)nc(-c3cccnc3)nc12. The zero-order valence-corrected chi connectivity index (χ0v) is 15.6. The van der Waals surface area contributed by atoms with Crippen molar-refractivity contribution in [2.45, 2.75) is 6.10 Å². The van der Waals surface area contributed by atoms with Crippen molar-refractivity contribution in [3.05, 3.63) is 66.5 Å². The lowest BCUT2D eigenvalue weighted by molar-refractivity contribution is 0.141. The molecule has 1 aliphatic heterocycles. The Kier molecular flexibility index (Phi) is 4.29. The van der Waals surface area contributed by atoms with E-state index in [0.29, 0.717) is 46.8 Å². The number of aliphatic hydroxyl groups is 1. The van der Waals surface area contributed by atoms with E-state index >= 15 is 0 Å². The van der Waals surface area contributed by atoms with E-state index in [4.69, 9.17) is 0 Å². The van der Waals surface area contributed by atoms with Gasteiger partial charge in [-0.1, -0.05) is 0 Å². The number of aromatic hydroxyl groups is 1. The first-order chi connectivity index (χ1) is 14.5. The third kappa shape index (κ3) is 3.21. The van der Waals surface area contributed by atoms with Gasteiger partial charge in [-0.05, 0) is 47.5 Å². The Balaban J connectivity index is 1.74. The van der Waals surface area contributed by atoms with Crippen molar-refractivity contribution in [3.63, 3.8) is 0 Å². The number of aromatic nitrogens is 3. The summed E-state index contributed by atoms with van der Waals surface area (Å²) in [6, 6.07) is 9.87. The first kappa shape index (κ1) is 18.4. The van der Waals surface area contributed by atoms with Crippen LogP contribution in [0.5, 0.6) is 5.75 Å². The minimum atomic E-state index is -0.709. The average Bonchev–Trinajstić information content (AvgIpc) is 2.71. The van der Waals surface area contributed by atoms with Gasteiger partial charge in [-0.3, -0.25) is 4.98 Å². The van der Waals surface area contributed by atoms with E-state index in [1.54, 1.807) is 24.5 Å². The van der Waals surface area contributed by atoms with Crippen molar-refractivity contribution >= 4 is 16.7 Å². The molecule has 0 unspecified atom stereocenters. The molecule has 1 fully saturated rings. The monoisotopic (exact) mass is 406 g/mol. The topological polar surface area (TPSA) is 82.4 Å². The Bertz CT molecular complexity index is 1240. The normalized spacial score (nSPS) is 14.2. The third-order valence-corrected chi connectivity index (χ3v) is 5.04. The summed E-state index contributed by atoms with van der Waals surface area (Å²) in [4.78, 5) is 15.1. The maximum Gasteiger partial charge on any atom is 0.163 e. The summed E-state index contributed by atoms with van der Waals surface area (Å²) in [7, 11) is 0. The Morgan fingerprint density at radius 2 is 1.67 bits per heavy atom. The number of hydrogen-bond acceptors (Lipinski definition) is 6. The highest BCUT2D eigenvalue weighted by Gasteiger charge is 2.28. The molecule has 0 saturated carbocycles. The van der Waals surface area contributed by atoms with E-state index in [1.165, 1.54) is 18.2 Å². The number of benzene rings is 2. The van der Waals surface area contributed by atoms with Crippen LogP contribution < -0.4 is 4.90 Å². The third-order valence-electron chi connectivity index (χ3n) is 5.04. The largest absolute Gasteiger partial charge is 0.506 e. The van der Waals surface area contributed by atoms with Crippen molar-refractivity contribution in [3.8, 4) is 28.3 Å². The van der Waals surface area contributed by atoms with Crippen LogP contribution in [0.15, 0.2) is 54.9 Å². The quantitative estimate of drug-likeness (QED) is 0.542. The van der Waals surface area contributed by atoms with Gasteiger partial charge in [0.1, 0.15) is 28.7 Å². The Labute approximate surface area is 170 Å². The number of nitrogens with zero attached hydrogens (tertiary/aromatic N) is 4. The molecule has 0 radical (unpaired) electrons. The van der Waals surface area contributed by atoms with E-state index < -0.39 is 17.7 Å². The summed E-state index contributed by atoms with van der Waals surface area (Å²) < 4.78 is 27.4. The van der Waals surface area contributed by atoms with E-state index in [0.717, 1.165) is 6.07 Å². The van der Waals surface area contributed by atoms with Crippen LogP contribution in [-0.4, -0.2) is 44.4 Å². The zero-order valence-electron chi connectivity index (χ0n) is 15.6. The molecule has 3 heterocycles. The van der Waals surface area contributed by atoms with E-state index in [2.05, 4.69) is 15.0 Å². The highest BCUT2D eigenvalue weighted by atomic mass is 19.1. The van der Waals surface area contributed by atoms with E-state index in [9.17, 15) is 19.0 Å². The van der Waals surface area contributed by atoms with Crippen LogP contribution in [0.25, 0.3) is 33.4 Å². The average molecular weight is 406 g/mol. The second kappa shape index (κ2) is 7.00. The van der Waals surface area contributed by atoms with Gasteiger partial charge in [0.15, 0.2) is 5.82 Å². The Morgan fingerprint density at radius 3 is 2.33 bits per heavy atom. The Morgan fingerprint density at radius 1 is 0.933 bits per heavy atom. The van der Waals surface area contributed by atoms with Gasteiger partial charge in [0, 0.05) is 42.5 Å². The zero-order chi connectivity index (χ0) is 20.8. The second-order valence-corrected chi connectivity index (χ2v) is 7.22. The standard InChI is InChI=1S/C22H16F2N4O2/c23-15-4-13(5-16(24)8-15)14-6-18-20(19(30)7-14)26-21(12-2-1-3-25-9-12)27-22(18)28-10-17(29)11-28/h1-9,17,29-30H,10-11H2. The van der Waals surface area contributed by atoms with Crippen molar-refractivity contribution < 1.29 is 19.0 Å². The van der Waals surface area contributed by atoms with Gasteiger partial charge in [-0.15, -0.1) is 0 Å². The highest BCUT2D eigenvalue weighted by Crippen LogP contribution is 2.38. The molecule has 0 atom stereocenters. The fourth-order valence-corrected chi connectivity index (χ4v) is 3.58. The number of rotatable bonds is 3. The molecule has 0 aliphatic carbocycles. The lowest BCUT2D eigenvalue weighted by atomic mass is 10.0. The minimum absolute atomic E-state index is 0.137. The second-order valence-electron chi connectivity index (χ2n) is 7.22. The maximum atomic E-state index is 13.7. The van der Waals surface area contributed by atoms with Crippen molar-refractivity contribution in [2.75, 3.05) is 18.0 Å². The molecule has 2 aromatic heterocycles. The summed E-state index contributed by atoms with van der Waals surface area (Å²) in [5.74, 6) is -0.648. The van der Waals surface area contributed by atoms with Crippen LogP contribution in [0.1, 0.15) is 0 Å². The predicted octanol–water partition coefficient (Wildman–Crippen LogP) is 3.52. The maximum absolute atomic E-state index is 13.7. The molecule has 8 heteroatoms. The number of hydrogen-bond donors (Lipinski definition) is 2. The molecule has 2 N–H and O–H groups in total. The lowest BCUT2D eigenvalue weighted by Gasteiger charge is -2.37. The van der Waals surface area contributed by atoms with Gasteiger partial charge < -0.3 is 15.1 Å². The fourth-order valence-electron chi connectivity index (χ4n) is 3.58. The molecule has 0 spiro atoms. The molecule has 5 rings (SSSR count). The van der Waals surface area contributed by atoms with Crippen LogP contribution in [-0.2, 0) is 0 Å². The molecule has 0 amide bonds. The number of halogens is 2. The molecule has 6 nitrogen and oxygen atoms in total. The van der Waals surface area contributed by atoms with Crippen molar-refractivity contribution in [2.24, 2.45) is 0 Å². The molecule has 1 aliphatic rings. The van der Waals surface area contributed by atoms with Gasteiger partial charge in [-0.2, -0.15) is 0 Å². The molecule has 0 bridgehead atoms. The van der Waals surface area contributed by atoms with E-state index in [1.807, 2.05) is 11.0 Å². The molecule has 4 aromatic rings. The fraction of sp³-hybridized carbons (Fsp3) is 0.136. The summed E-state index contributed by atoms with van der Waals surface area (Å²) in [6.45, 7) is 0.774. The number of phenols is 1. The number of fused-ring (bicyclic) bond motifs is 1. The van der Waals surface area contributed by atoms with E-state index in [-0.39, 0.29) is 11.3 Å². The molecule has 150 valence electrons. The summed E-state index contributed by atoms with van der Waals surface area (Å²) in [5.41, 5.74) is 1.70. The van der Waals surface area contributed by atoms with Gasteiger partial charge in [-0.25, -0.2) is 18.7 Å². The first-order valence-electron chi connectivity index (χ1n) is 9.32. The first-order valence-corrected chi connectivity index (χ1v) is 9.32. The lowest BCUT2D eigenvalue weighted by Crippen LogP contribution is -2.51. The molecule has 2 aromatic carbocycles. The Hall–Kier alpha value is -3.65. The van der Waals surface area contributed by atoms with Crippen molar-refractivity contribution in [1.29, 1.82) is 0 Å². The highest BCUT2D eigenvalue weighted by molar-refractivity contribution is 5.98.